The highest BCUT2D eigenvalue weighted by molar-refractivity contribution is 7.47. The van der Waals surface area contributed by atoms with Gasteiger partial charge in [0.05, 0.1) is 19.8 Å². The third-order valence-corrected chi connectivity index (χ3v) is 13.4. The number of nitrogens with two attached hydrogens (primary N) is 1. The van der Waals surface area contributed by atoms with Gasteiger partial charge in [-0.3, -0.25) is 13.8 Å². The summed E-state index contributed by atoms with van der Waals surface area (Å²) >= 11 is 0. The molecule has 0 radical (unpaired) electrons. The molecule has 0 fully saturated rings. The zero-order valence-corrected chi connectivity index (χ0v) is 45.5. The van der Waals surface area contributed by atoms with Crippen molar-refractivity contribution >= 4 is 13.8 Å². The average molecular weight is 977 g/mol. The van der Waals surface area contributed by atoms with Gasteiger partial charge < -0.3 is 20.1 Å². The maximum absolute atomic E-state index is 12.7. The highest BCUT2D eigenvalue weighted by Crippen LogP contribution is 2.43. The Balaban J connectivity index is 3.87. The molecule has 0 saturated carbocycles. The minimum atomic E-state index is -4.29. The molecule has 3 N–H and O–H groups in total. The van der Waals surface area contributed by atoms with Crippen LogP contribution in [0.15, 0.2) is 60.8 Å². The van der Waals surface area contributed by atoms with Crippen molar-refractivity contribution in [3.8, 4) is 0 Å². The average Bonchev–Trinajstić information content (AvgIpc) is 3.33. The van der Waals surface area contributed by atoms with Crippen molar-refractivity contribution in [2.45, 2.75) is 277 Å². The Hall–Kier alpha value is -1.80. The molecule has 0 aliphatic heterocycles. The zero-order valence-electron chi connectivity index (χ0n) is 44.6. The minimum absolute atomic E-state index is 0.0963. The predicted molar refractivity (Wildman–Crippen MR) is 293 cm³/mol. The molecule has 2 atom stereocenters. The van der Waals surface area contributed by atoms with Gasteiger partial charge in [0.15, 0.2) is 0 Å². The van der Waals surface area contributed by atoms with Crippen molar-refractivity contribution in [3.05, 3.63) is 60.8 Å². The summed E-state index contributed by atoms with van der Waals surface area (Å²) in [4.78, 5) is 22.7. The number of phosphoric ester groups is 1. The predicted octanol–water partition coefficient (Wildman–Crippen LogP) is 18.4. The highest BCUT2D eigenvalue weighted by atomic mass is 31.2. The second-order valence-electron chi connectivity index (χ2n) is 19.1. The number of rotatable bonds is 55. The Bertz CT molecular complexity index is 1230. The van der Waals surface area contributed by atoms with E-state index in [0.717, 1.165) is 57.8 Å². The molecule has 0 saturated heterocycles. The number of ether oxygens (including phenoxy) is 2. The van der Waals surface area contributed by atoms with Crippen LogP contribution in [-0.2, 0) is 27.9 Å². The molecule has 0 heterocycles. The summed E-state index contributed by atoms with van der Waals surface area (Å²) in [5.41, 5.74) is 5.40. The molecule has 0 spiro atoms. The van der Waals surface area contributed by atoms with Crippen molar-refractivity contribution < 1.29 is 32.8 Å². The van der Waals surface area contributed by atoms with Crippen molar-refractivity contribution in [1.82, 2.24) is 0 Å². The number of phosphoric acid groups is 1. The Morgan fingerprint density at radius 2 is 0.824 bits per heavy atom. The van der Waals surface area contributed by atoms with E-state index in [0.29, 0.717) is 13.0 Å². The maximum Gasteiger partial charge on any atom is 0.472 e. The third-order valence-electron chi connectivity index (χ3n) is 12.4. The van der Waals surface area contributed by atoms with Crippen LogP contribution in [0.2, 0.25) is 0 Å². The normalized spacial score (nSPS) is 13.6. The van der Waals surface area contributed by atoms with E-state index < -0.39 is 13.9 Å². The minimum Gasteiger partial charge on any atom is -0.457 e. The Kier molecular flexibility index (Phi) is 54.6. The number of esters is 1. The number of hydrogen-bond acceptors (Lipinski definition) is 7. The first-order valence-corrected chi connectivity index (χ1v) is 30.3. The lowest BCUT2D eigenvalue weighted by atomic mass is 10.0. The molecule has 2 unspecified atom stereocenters. The zero-order chi connectivity index (χ0) is 49.4. The third kappa shape index (κ3) is 55.1. The first-order chi connectivity index (χ1) is 33.4. The van der Waals surface area contributed by atoms with E-state index in [1.54, 1.807) is 0 Å². The number of allylic oxidation sites excluding steroid dienone is 10. The highest BCUT2D eigenvalue weighted by Gasteiger charge is 2.25. The fourth-order valence-electron chi connectivity index (χ4n) is 8.22. The van der Waals surface area contributed by atoms with E-state index in [1.807, 2.05) is 0 Å². The lowest BCUT2D eigenvalue weighted by molar-refractivity contribution is -0.154. The molecule has 0 bridgehead atoms. The van der Waals surface area contributed by atoms with Gasteiger partial charge in [0.25, 0.3) is 0 Å². The molecule has 0 rings (SSSR count). The summed E-state index contributed by atoms with van der Waals surface area (Å²) in [7, 11) is -4.29. The standard InChI is InChI=1S/C59H110NO7P/c1-3-5-7-9-11-13-15-17-19-21-23-25-27-28-29-31-33-35-37-39-41-43-45-47-49-51-54-64-56-58(57-66-68(62,63)65-55-53-60)67-59(61)52-50-48-46-44-42-40-38-36-34-32-30-26-24-22-20-18-16-14-12-10-8-6-4-2/h5,7,11,13,17,19,22-25,58H,3-4,6,8-10,12,14-16,18,20-21,26-57,60H2,1-2H3,(H,62,63)/b7-5-,13-11-,19-17-,24-22-,25-23-. The molecular formula is C59H110NO7P. The van der Waals surface area contributed by atoms with Crippen LogP contribution < -0.4 is 5.73 Å². The molecule has 0 aromatic heterocycles. The molecule has 0 aliphatic carbocycles. The van der Waals surface area contributed by atoms with E-state index in [4.69, 9.17) is 24.3 Å². The molecule has 8 nitrogen and oxygen atoms in total. The van der Waals surface area contributed by atoms with E-state index in [9.17, 15) is 14.3 Å². The van der Waals surface area contributed by atoms with Gasteiger partial charge in [0.1, 0.15) is 6.10 Å². The van der Waals surface area contributed by atoms with Gasteiger partial charge in [-0.1, -0.05) is 248 Å². The molecule has 0 aromatic carbocycles. The Morgan fingerprint density at radius 3 is 1.25 bits per heavy atom. The van der Waals surface area contributed by atoms with Gasteiger partial charge >= 0.3 is 13.8 Å². The van der Waals surface area contributed by atoms with Crippen LogP contribution in [0.1, 0.15) is 271 Å². The molecule has 9 heteroatoms. The molecule has 0 aromatic rings. The van der Waals surface area contributed by atoms with Crippen LogP contribution in [0.3, 0.4) is 0 Å². The van der Waals surface area contributed by atoms with Crippen LogP contribution >= 0.6 is 7.82 Å². The molecule has 68 heavy (non-hydrogen) atoms. The van der Waals surface area contributed by atoms with E-state index in [2.05, 4.69) is 74.6 Å². The summed E-state index contributed by atoms with van der Waals surface area (Å²) < 4.78 is 33.7. The van der Waals surface area contributed by atoms with Crippen LogP contribution in [0.5, 0.6) is 0 Å². The molecule has 398 valence electrons. The number of unbranched alkanes of at least 4 members (excludes halogenated alkanes) is 32. The Labute approximate surface area is 421 Å². The number of carbonyl (C=O) groups is 1. The van der Waals surface area contributed by atoms with Crippen LogP contribution in [0, 0.1) is 0 Å². The number of hydrogen-bond donors (Lipinski definition) is 2. The summed E-state index contributed by atoms with van der Waals surface area (Å²) in [5.74, 6) is -0.328. The largest absolute Gasteiger partial charge is 0.472 e. The second kappa shape index (κ2) is 56.1. The molecular weight excluding hydrogens is 866 g/mol. The summed E-state index contributed by atoms with van der Waals surface area (Å²) in [6.45, 7) is 4.85. The lowest BCUT2D eigenvalue weighted by Gasteiger charge is -2.20. The van der Waals surface area contributed by atoms with Crippen LogP contribution in [0.4, 0.5) is 0 Å². The smallest absolute Gasteiger partial charge is 0.457 e. The Morgan fingerprint density at radius 1 is 0.456 bits per heavy atom. The van der Waals surface area contributed by atoms with Gasteiger partial charge in [0.2, 0.25) is 0 Å². The summed E-state index contributed by atoms with van der Waals surface area (Å²) in [6.07, 6.45) is 71.3. The quantitative estimate of drug-likeness (QED) is 0.0268. The van der Waals surface area contributed by atoms with E-state index >= 15 is 0 Å². The fraction of sp³-hybridized carbons (Fsp3) is 0.814. The van der Waals surface area contributed by atoms with Crippen molar-refractivity contribution in [2.75, 3.05) is 33.0 Å². The molecule has 0 amide bonds. The van der Waals surface area contributed by atoms with Crippen molar-refractivity contribution in [3.63, 3.8) is 0 Å². The lowest BCUT2D eigenvalue weighted by Crippen LogP contribution is -2.28. The van der Waals surface area contributed by atoms with Gasteiger partial charge in [-0.15, -0.1) is 0 Å². The summed E-state index contributed by atoms with van der Waals surface area (Å²) in [5, 5.41) is 0. The monoisotopic (exact) mass is 976 g/mol. The van der Waals surface area contributed by atoms with Crippen LogP contribution in [0.25, 0.3) is 0 Å². The topological polar surface area (TPSA) is 117 Å². The van der Waals surface area contributed by atoms with Gasteiger partial charge in [-0.2, -0.15) is 0 Å². The van der Waals surface area contributed by atoms with Gasteiger partial charge in [0, 0.05) is 19.6 Å². The van der Waals surface area contributed by atoms with Crippen molar-refractivity contribution in [1.29, 1.82) is 0 Å². The van der Waals surface area contributed by atoms with Crippen molar-refractivity contribution in [2.24, 2.45) is 5.73 Å². The van der Waals surface area contributed by atoms with E-state index in [1.165, 1.54) is 193 Å². The van der Waals surface area contributed by atoms with E-state index in [-0.39, 0.29) is 32.3 Å². The van der Waals surface area contributed by atoms with Gasteiger partial charge in [-0.05, 0) is 77.0 Å². The van der Waals surface area contributed by atoms with Gasteiger partial charge in [-0.25, -0.2) is 4.57 Å². The SMILES string of the molecule is CC/C=C\C/C=C\C/C=C\C/C=C\CCCCCCCCCCCCCCCOCC(COP(=O)(O)OCCN)OC(=O)CCCCCCCCCCCCC/C=C\CCCCCCCCCC. The number of carbonyl (C=O) groups excluding carboxylic acids is 1. The first kappa shape index (κ1) is 66.2. The first-order valence-electron chi connectivity index (χ1n) is 28.8. The second-order valence-corrected chi connectivity index (χ2v) is 20.6. The van der Waals surface area contributed by atoms with Crippen LogP contribution in [-0.4, -0.2) is 49.9 Å². The fourth-order valence-corrected chi connectivity index (χ4v) is 8.99. The maximum atomic E-state index is 12.7. The summed E-state index contributed by atoms with van der Waals surface area (Å²) in [6, 6.07) is 0. The molecule has 0 aliphatic rings.